The molecule has 0 radical (unpaired) electrons. The van der Waals surface area contributed by atoms with Crippen LogP contribution in [0, 0.1) is 17.5 Å². The summed E-state index contributed by atoms with van der Waals surface area (Å²) in [5, 5.41) is 10.7. The zero-order valence-electron chi connectivity index (χ0n) is 8.51. The lowest BCUT2D eigenvalue weighted by molar-refractivity contribution is 0.628. The maximum Gasteiger partial charge on any atom is 0.216 e. The van der Waals surface area contributed by atoms with Crippen molar-refractivity contribution in [1.82, 2.24) is 14.9 Å². The average Bonchev–Trinajstić information content (AvgIpc) is 2.59. The lowest BCUT2D eigenvalue weighted by Crippen LogP contribution is -1.93. The van der Waals surface area contributed by atoms with E-state index in [-0.39, 0.29) is 5.82 Å². The van der Waals surface area contributed by atoms with Gasteiger partial charge in [0.15, 0.2) is 0 Å². The van der Waals surface area contributed by atoms with E-state index in [9.17, 15) is 4.39 Å². The molecule has 0 amide bonds. The minimum absolute atomic E-state index is 0.270. The molecule has 82 valence electrons. The van der Waals surface area contributed by atoms with Gasteiger partial charge >= 0.3 is 0 Å². The number of nitrogens with zero attached hydrogens (tertiary/aromatic N) is 3. The minimum Gasteiger partial charge on any atom is -0.250 e. The SMILES string of the molecule is Cc1n[nH]c(=S)n1/N=C/c1ccc(F)cc1. The molecule has 1 N–H and O–H groups in total. The lowest BCUT2D eigenvalue weighted by Gasteiger charge is -1.94. The second kappa shape index (κ2) is 4.36. The summed E-state index contributed by atoms with van der Waals surface area (Å²) in [6.45, 7) is 1.79. The van der Waals surface area contributed by atoms with Crippen LogP contribution in [0.3, 0.4) is 0 Å². The molecule has 0 fully saturated rings. The first-order valence-corrected chi connectivity index (χ1v) is 5.01. The van der Waals surface area contributed by atoms with E-state index in [0.717, 1.165) is 5.56 Å². The van der Waals surface area contributed by atoms with Gasteiger partial charge in [-0.3, -0.25) is 5.10 Å². The van der Waals surface area contributed by atoms with Crippen molar-refractivity contribution in [1.29, 1.82) is 0 Å². The van der Waals surface area contributed by atoms with Crippen LogP contribution in [-0.4, -0.2) is 21.1 Å². The molecule has 0 bridgehead atoms. The molecule has 0 unspecified atom stereocenters. The number of aryl methyl sites for hydroxylation is 1. The van der Waals surface area contributed by atoms with Crippen molar-refractivity contribution in [3.05, 3.63) is 46.2 Å². The zero-order chi connectivity index (χ0) is 11.5. The van der Waals surface area contributed by atoms with Gasteiger partial charge in [0.05, 0.1) is 6.21 Å². The van der Waals surface area contributed by atoms with Crippen molar-refractivity contribution in [2.75, 3.05) is 0 Å². The molecule has 0 aliphatic heterocycles. The quantitative estimate of drug-likeness (QED) is 0.642. The van der Waals surface area contributed by atoms with E-state index in [2.05, 4.69) is 15.3 Å². The molecule has 1 heterocycles. The van der Waals surface area contributed by atoms with Gasteiger partial charge in [0, 0.05) is 0 Å². The molecule has 0 saturated carbocycles. The normalized spacial score (nSPS) is 11.1. The molecular weight excluding hydrogens is 227 g/mol. The van der Waals surface area contributed by atoms with Gasteiger partial charge in [-0.1, -0.05) is 12.1 Å². The smallest absolute Gasteiger partial charge is 0.216 e. The summed E-state index contributed by atoms with van der Waals surface area (Å²) in [6, 6.07) is 6.03. The Kier molecular flexibility index (Phi) is 2.91. The van der Waals surface area contributed by atoms with E-state index >= 15 is 0 Å². The summed E-state index contributed by atoms with van der Waals surface area (Å²) in [5.41, 5.74) is 0.795. The van der Waals surface area contributed by atoms with Crippen molar-refractivity contribution in [3.8, 4) is 0 Å². The molecule has 0 atom stereocenters. The predicted octanol–water partition coefficient (Wildman–Crippen LogP) is 2.27. The van der Waals surface area contributed by atoms with Crippen LogP contribution in [0.2, 0.25) is 0 Å². The van der Waals surface area contributed by atoms with Crippen LogP contribution in [0.5, 0.6) is 0 Å². The van der Waals surface area contributed by atoms with Gasteiger partial charge < -0.3 is 0 Å². The molecule has 0 saturated heterocycles. The Morgan fingerprint density at radius 2 is 2.12 bits per heavy atom. The Balaban J connectivity index is 2.28. The van der Waals surface area contributed by atoms with Crippen LogP contribution >= 0.6 is 12.2 Å². The molecule has 2 rings (SSSR count). The maximum absolute atomic E-state index is 12.6. The summed E-state index contributed by atoms with van der Waals surface area (Å²) in [6.07, 6.45) is 1.60. The molecule has 1 aromatic carbocycles. The average molecular weight is 236 g/mol. The first-order valence-electron chi connectivity index (χ1n) is 4.61. The summed E-state index contributed by atoms with van der Waals surface area (Å²) < 4.78 is 14.6. The van der Waals surface area contributed by atoms with Crippen molar-refractivity contribution in [2.45, 2.75) is 6.92 Å². The zero-order valence-corrected chi connectivity index (χ0v) is 9.33. The van der Waals surface area contributed by atoms with Gasteiger partial charge in [-0.15, -0.1) is 0 Å². The Morgan fingerprint density at radius 1 is 1.44 bits per heavy atom. The number of H-pyrrole nitrogens is 1. The summed E-state index contributed by atoms with van der Waals surface area (Å²) in [4.78, 5) is 0. The molecule has 4 nitrogen and oxygen atoms in total. The van der Waals surface area contributed by atoms with E-state index in [0.29, 0.717) is 10.6 Å². The lowest BCUT2D eigenvalue weighted by atomic mass is 10.2. The third kappa shape index (κ3) is 2.22. The number of hydrogen-bond donors (Lipinski definition) is 1. The Hall–Kier alpha value is -1.82. The molecule has 0 aliphatic rings. The molecular formula is C10H9FN4S. The number of benzene rings is 1. The van der Waals surface area contributed by atoms with E-state index in [1.54, 1.807) is 25.3 Å². The van der Waals surface area contributed by atoms with Gasteiger partial charge in [0.2, 0.25) is 4.77 Å². The first-order chi connectivity index (χ1) is 7.66. The second-order valence-corrected chi connectivity index (χ2v) is 3.57. The second-order valence-electron chi connectivity index (χ2n) is 3.18. The molecule has 6 heteroatoms. The summed E-state index contributed by atoms with van der Waals surface area (Å²) >= 11 is 4.98. The van der Waals surface area contributed by atoms with Crippen molar-refractivity contribution < 1.29 is 4.39 Å². The van der Waals surface area contributed by atoms with Crippen LogP contribution in [-0.2, 0) is 0 Å². The first kappa shape index (κ1) is 10.7. The summed E-state index contributed by atoms with van der Waals surface area (Å²) in [7, 11) is 0. The topological polar surface area (TPSA) is 46.0 Å². The Labute approximate surface area is 96.4 Å². The fraction of sp³-hybridized carbons (Fsp3) is 0.100. The number of aromatic amines is 1. The Bertz CT molecular complexity index is 567. The van der Waals surface area contributed by atoms with Crippen molar-refractivity contribution in [3.63, 3.8) is 0 Å². The monoisotopic (exact) mass is 236 g/mol. The third-order valence-corrected chi connectivity index (χ3v) is 2.27. The maximum atomic E-state index is 12.6. The molecule has 0 spiro atoms. The highest BCUT2D eigenvalue weighted by atomic mass is 32.1. The highest BCUT2D eigenvalue weighted by molar-refractivity contribution is 7.71. The van der Waals surface area contributed by atoms with Gasteiger partial charge in [-0.2, -0.15) is 14.9 Å². The van der Waals surface area contributed by atoms with E-state index in [4.69, 9.17) is 12.2 Å². The highest BCUT2D eigenvalue weighted by Gasteiger charge is 1.97. The van der Waals surface area contributed by atoms with Crippen LogP contribution in [0.15, 0.2) is 29.4 Å². The van der Waals surface area contributed by atoms with Crippen LogP contribution in [0.25, 0.3) is 0 Å². The number of hydrogen-bond acceptors (Lipinski definition) is 3. The van der Waals surface area contributed by atoms with Crippen LogP contribution in [0.1, 0.15) is 11.4 Å². The van der Waals surface area contributed by atoms with Crippen molar-refractivity contribution in [2.24, 2.45) is 5.10 Å². The van der Waals surface area contributed by atoms with E-state index in [1.165, 1.54) is 16.8 Å². The van der Waals surface area contributed by atoms with Gasteiger partial charge in [-0.25, -0.2) is 4.39 Å². The number of nitrogens with one attached hydrogen (secondary N) is 1. The number of halogens is 1. The number of aromatic nitrogens is 3. The largest absolute Gasteiger partial charge is 0.250 e. The molecule has 16 heavy (non-hydrogen) atoms. The van der Waals surface area contributed by atoms with Crippen LogP contribution in [0.4, 0.5) is 4.39 Å². The fourth-order valence-electron chi connectivity index (χ4n) is 1.18. The van der Waals surface area contributed by atoms with Gasteiger partial charge in [0.25, 0.3) is 0 Å². The molecule has 1 aromatic heterocycles. The van der Waals surface area contributed by atoms with E-state index in [1.807, 2.05) is 0 Å². The Morgan fingerprint density at radius 3 is 2.69 bits per heavy atom. The molecule has 0 aliphatic carbocycles. The van der Waals surface area contributed by atoms with Crippen LogP contribution < -0.4 is 0 Å². The standard InChI is InChI=1S/C10H9FN4S/c1-7-13-14-10(16)15(7)12-6-8-2-4-9(11)5-3-8/h2-6H,1H3,(H,14,16)/b12-6+. The van der Waals surface area contributed by atoms with Crippen molar-refractivity contribution >= 4 is 18.4 Å². The molecule has 2 aromatic rings. The van der Waals surface area contributed by atoms with E-state index < -0.39 is 0 Å². The fourth-order valence-corrected chi connectivity index (χ4v) is 1.40. The predicted molar refractivity (Wildman–Crippen MR) is 61.5 cm³/mol. The third-order valence-electron chi connectivity index (χ3n) is 2.00. The minimum atomic E-state index is -0.270. The number of rotatable bonds is 2. The summed E-state index contributed by atoms with van der Waals surface area (Å²) in [5.74, 6) is 0.400. The van der Waals surface area contributed by atoms with Gasteiger partial charge in [0.1, 0.15) is 11.6 Å². The van der Waals surface area contributed by atoms with Gasteiger partial charge in [-0.05, 0) is 36.8 Å². The highest BCUT2D eigenvalue weighted by Crippen LogP contribution is 2.01.